The topological polar surface area (TPSA) is 55.7 Å². The second-order valence-corrected chi connectivity index (χ2v) is 3.26. The van der Waals surface area contributed by atoms with Crippen molar-refractivity contribution in [1.82, 2.24) is 0 Å². The summed E-state index contributed by atoms with van der Waals surface area (Å²) in [4.78, 5) is 24.8. The Labute approximate surface area is 77.0 Å². The first kappa shape index (κ1) is 9.93. The molecule has 4 nitrogen and oxygen atoms in total. The molecule has 72 valence electrons. The molecule has 1 saturated carbocycles. The average Bonchev–Trinajstić information content (AvgIpc) is 2.18. The maximum Gasteiger partial charge on any atom is 0.308 e. The van der Waals surface area contributed by atoms with Gasteiger partial charge in [-0.3, -0.25) is 4.79 Å². The molecule has 0 aromatic heterocycles. The molecule has 1 fully saturated rings. The van der Waals surface area contributed by atoms with E-state index in [-0.39, 0.29) is 17.9 Å². The van der Waals surface area contributed by atoms with E-state index in [1.807, 2.05) is 0 Å². The van der Waals surface area contributed by atoms with Crippen molar-refractivity contribution in [1.29, 1.82) is 0 Å². The van der Waals surface area contributed by atoms with Crippen LogP contribution in [-0.2, 0) is 14.3 Å². The van der Waals surface area contributed by atoms with Crippen LogP contribution in [0.5, 0.6) is 0 Å². The lowest BCUT2D eigenvalue weighted by atomic mass is 9.86. The molecule has 13 heavy (non-hydrogen) atoms. The van der Waals surface area contributed by atoms with Crippen LogP contribution >= 0.6 is 0 Å². The zero-order chi connectivity index (χ0) is 9.68. The maximum absolute atomic E-state index is 11.2. The number of carbonyl (C=O) groups is 1. The molecule has 1 aliphatic rings. The second kappa shape index (κ2) is 4.77. The van der Waals surface area contributed by atoms with Crippen LogP contribution in [0.25, 0.3) is 0 Å². The van der Waals surface area contributed by atoms with Crippen molar-refractivity contribution in [3.05, 3.63) is 0 Å². The van der Waals surface area contributed by atoms with Crippen molar-refractivity contribution in [2.75, 3.05) is 7.11 Å². The number of esters is 1. The fourth-order valence-corrected chi connectivity index (χ4v) is 1.74. The molecular formula is C9H13NO3. The van der Waals surface area contributed by atoms with Crippen molar-refractivity contribution in [2.24, 2.45) is 10.9 Å². The van der Waals surface area contributed by atoms with Gasteiger partial charge >= 0.3 is 5.97 Å². The zero-order valence-electron chi connectivity index (χ0n) is 7.66. The Kier molecular flexibility index (Phi) is 3.65. The van der Waals surface area contributed by atoms with Crippen LogP contribution in [0.2, 0.25) is 0 Å². The summed E-state index contributed by atoms with van der Waals surface area (Å²) in [6, 6.07) is -0.0321. The van der Waals surface area contributed by atoms with E-state index in [0.29, 0.717) is 6.42 Å². The van der Waals surface area contributed by atoms with E-state index in [1.54, 1.807) is 0 Å². The van der Waals surface area contributed by atoms with E-state index < -0.39 is 0 Å². The van der Waals surface area contributed by atoms with Crippen molar-refractivity contribution < 1.29 is 14.3 Å². The van der Waals surface area contributed by atoms with Crippen LogP contribution in [0, 0.1) is 5.92 Å². The van der Waals surface area contributed by atoms with Gasteiger partial charge in [-0.1, -0.05) is 6.42 Å². The lowest BCUT2D eigenvalue weighted by Crippen LogP contribution is -2.25. The van der Waals surface area contributed by atoms with Crippen LogP contribution in [0.3, 0.4) is 0 Å². The summed E-state index contributed by atoms with van der Waals surface area (Å²) < 4.78 is 4.64. The maximum atomic E-state index is 11.2. The summed E-state index contributed by atoms with van der Waals surface area (Å²) in [5, 5.41) is 0. The molecule has 0 aliphatic heterocycles. The van der Waals surface area contributed by atoms with Crippen molar-refractivity contribution >= 4 is 12.0 Å². The van der Waals surface area contributed by atoms with Gasteiger partial charge in [-0.05, 0) is 19.3 Å². The predicted octanol–water partition coefficient (Wildman–Crippen LogP) is 1.05. The highest BCUT2D eigenvalue weighted by Gasteiger charge is 2.27. The summed E-state index contributed by atoms with van der Waals surface area (Å²) in [5.41, 5.74) is 0. The van der Waals surface area contributed by atoms with Crippen LogP contribution in [-0.4, -0.2) is 25.2 Å². The lowest BCUT2D eigenvalue weighted by Gasteiger charge is -2.23. The molecule has 0 aromatic carbocycles. The molecule has 0 heterocycles. The van der Waals surface area contributed by atoms with Gasteiger partial charge in [0.15, 0.2) is 0 Å². The van der Waals surface area contributed by atoms with Gasteiger partial charge in [0, 0.05) is 0 Å². The lowest BCUT2D eigenvalue weighted by molar-refractivity contribution is -0.146. The van der Waals surface area contributed by atoms with E-state index in [2.05, 4.69) is 9.73 Å². The van der Waals surface area contributed by atoms with Gasteiger partial charge in [-0.2, -0.15) is 0 Å². The normalized spacial score (nSPS) is 27.5. The fourth-order valence-electron chi connectivity index (χ4n) is 1.74. The molecule has 0 spiro atoms. The predicted molar refractivity (Wildman–Crippen MR) is 45.9 cm³/mol. The van der Waals surface area contributed by atoms with E-state index >= 15 is 0 Å². The molecule has 0 aromatic rings. The first-order valence-corrected chi connectivity index (χ1v) is 4.42. The van der Waals surface area contributed by atoms with Gasteiger partial charge in [0.25, 0.3) is 0 Å². The summed E-state index contributed by atoms with van der Waals surface area (Å²) in [6.07, 6.45) is 4.81. The number of aliphatic imine (C=N–C) groups is 1. The summed E-state index contributed by atoms with van der Waals surface area (Å²) >= 11 is 0. The van der Waals surface area contributed by atoms with Gasteiger partial charge in [0.2, 0.25) is 6.08 Å². The first-order valence-electron chi connectivity index (χ1n) is 4.42. The Hall–Kier alpha value is -1.15. The van der Waals surface area contributed by atoms with E-state index in [4.69, 9.17) is 0 Å². The number of isocyanates is 1. The summed E-state index contributed by atoms with van der Waals surface area (Å²) in [6.45, 7) is 0. The van der Waals surface area contributed by atoms with Crippen molar-refractivity contribution in [3.63, 3.8) is 0 Å². The van der Waals surface area contributed by atoms with E-state index in [9.17, 15) is 9.59 Å². The third-order valence-corrected chi connectivity index (χ3v) is 2.42. The Balaban J connectivity index is 2.50. The third-order valence-electron chi connectivity index (χ3n) is 2.42. The largest absolute Gasteiger partial charge is 0.469 e. The van der Waals surface area contributed by atoms with Crippen LogP contribution in [0.4, 0.5) is 0 Å². The number of hydrogen-bond acceptors (Lipinski definition) is 4. The molecule has 2 atom stereocenters. The number of rotatable bonds is 2. The zero-order valence-corrected chi connectivity index (χ0v) is 7.66. The van der Waals surface area contributed by atoms with E-state index in [0.717, 1.165) is 19.3 Å². The molecule has 0 N–H and O–H groups in total. The van der Waals surface area contributed by atoms with Gasteiger partial charge in [0.1, 0.15) is 0 Å². The Bertz CT molecular complexity index is 233. The molecule has 1 rings (SSSR count). The van der Waals surface area contributed by atoms with Crippen LogP contribution < -0.4 is 0 Å². The number of ether oxygens (including phenoxy) is 1. The standard InChI is InChI=1S/C9H13NO3/c1-13-9(12)7-3-2-4-8(5-7)10-6-11/h7-8H,2-5H2,1H3/t7-,8-/m1/s1. The summed E-state index contributed by atoms with van der Waals surface area (Å²) in [7, 11) is 1.38. The fraction of sp³-hybridized carbons (Fsp3) is 0.778. The minimum absolute atomic E-state index is 0.0321. The number of nitrogens with zero attached hydrogens (tertiary/aromatic N) is 1. The average molecular weight is 183 g/mol. The molecule has 0 bridgehead atoms. The third kappa shape index (κ3) is 2.67. The summed E-state index contributed by atoms with van der Waals surface area (Å²) in [5.74, 6) is -0.272. The number of carbonyl (C=O) groups excluding carboxylic acids is 2. The van der Waals surface area contributed by atoms with Crippen molar-refractivity contribution in [2.45, 2.75) is 31.7 Å². The Morgan fingerprint density at radius 1 is 1.54 bits per heavy atom. The first-order chi connectivity index (χ1) is 6.27. The molecular weight excluding hydrogens is 170 g/mol. The highest BCUT2D eigenvalue weighted by molar-refractivity contribution is 5.72. The van der Waals surface area contributed by atoms with Gasteiger partial charge in [-0.15, -0.1) is 0 Å². The number of methoxy groups -OCH3 is 1. The Morgan fingerprint density at radius 2 is 2.31 bits per heavy atom. The Morgan fingerprint density at radius 3 is 2.92 bits per heavy atom. The minimum atomic E-state index is -0.189. The van der Waals surface area contributed by atoms with Gasteiger partial charge in [-0.25, -0.2) is 9.79 Å². The van der Waals surface area contributed by atoms with Crippen LogP contribution in [0.1, 0.15) is 25.7 Å². The van der Waals surface area contributed by atoms with Crippen molar-refractivity contribution in [3.8, 4) is 0 Å². The van der Waals surface area contributed by atoms with E-state index in [1.165, 1.54) is 13.2 Å². The highest BCUT2D eigenvalue weighted by atomic mass is 16.5. The van der Waals surface area contributed by atoms with Gasteiger partial charge < -0.3 is 4.74 Å². The molecule has 4 heteroatoms. The van der Waals surface area contributed by atoms with Crippen LogP contribution in [0.15, 0.2) is 4.99 Å². The molecule has 0 amide bonds. The quantitative estimate of drug-likeness (QED) is 0.365. The monoisotopic (exact) mass is 183 g/mol. The molecule has 0 saturated heterocycles. The van der Waals surface area contributed by atoms with Gasteiger partial charge in [0.05, 0.1) is 19.1 Å². The second-order valence-electron chi connectivity index (χ2n) is 3.26. The smallest absolute Gasteiger partial charge is 0.308 e. The minimum Gasteiger partial charge on any atom is -0.469 e. The molecule has 0 unspecified atom stereocenters. The molecule has 1 aliphatic carbocycles. The number of hydrogen-bond donors (Lipinski definition) is 0. The SMILES string of the molecule is COC(=O)[C@@H]1CCC[C@@H](N=C=O)C1. The highest BCUT2D eigenvalue weighted by Crippen LogP contribution is 2.26. The molecule has 0 radical (unpaired) electrons.